The second-order valence-electron chi connectivity index (χ2n) is 6.20. The van der Waals surface area contributed by atoms with E-state index in [2.05, 4.69) is 15.6 Å². The van der Waals surface area contributed by atoms with E-state index in [0.29, 0.717) is 31.0 Å². The monoisotopic (exact) mass is 373 g/mol. The number of rotatable bonds is 9. The fourth-order valence-electron chi connectivity index (χ4n) is 2.67. The van der Waals surface area contributed by atoms with Gasteiger partial charge in [-0.2, -0.15) is 0 Å². The van der Waals surface area contributed by atoms with Crippen molar-refractivity contribution in [2.24, 2.45) is 4.99 Å². The van der Waals surface area contributed by atoms with E-state index < -0.39 is 6.10 Å². The molecule has 146 valence electrons. The van der Waals surface area contributed by atoms with Gasteiger partial charge in [-0.3, -0.25) is 0 Å². The molecule has 0 heterocycles. The Morgan fingerprint density at radius 3 is 2.67 bits per heavy atom. The average Bonchev–Trinajstić information content (AvgIpc) is 2.69. The van der Waals surface area contributed by atoms with Crippen LogP contribution in [-0.2, 0) is 17.9 Å². The molecule has 2 aromatic carbocycles. The summed E-state index contributed by atoms with van der Waals surface area (Å²) in [7, 11) is 1.54. The van der Waals surface area contributed by atoms with Crippen molar-refractivity contribution in [3.05, 3.63) is 71.0 Å². The number of aliphatic imine (C=N–C) groups is 1. The molecule has 3 N–H and O–H groups in total. The minimum atomic E-state index is -0.518. The van der Waals surface area contributed by atoms with Crippen molar-refractivity contribution >= 4 is 5.96 Å². The zero-order valence-electron chi connectivity index (χ0n) is 15.9. The van der Waals surface area contributed by atoms with Gasteiger partial charge in [-0.1, -0.05) is 36.4 Å². The Bertz CT molecular complexity index is 723. The number of benzene rings is 2. The molecule has 6 heteroatoms. The number of ether oxygens (including phenoxy) is 1. The molecule has 0 bridgehead atoms. The molecule has 0 spiro atoms. The zero-order valence-corrected chi connectivity index (χ0v) is 15.9. The zero-order chi connectivity index (χ0) is 19.5. The van der Waals surface area contributed by atoms with Crippen molar-refractivity contribution in [2.75, 3.05) is 20.2 Å². The quantitative estimate of drug-likeness (QED) is 0.467. The summed E-state index contributed by atoms with van der Waals surface area (Å²) >= 11 is 0. The number of guanidine groups is 1. The van der Waals surface area contributed by atoms with Gasteiger partial charge in [-0.15, -0.1) is 0 Å². The molecule has 0 aromatic heterocycles. The van der Waals surface area contributed by atoms with Crippen molar-refractivity contribution in [2.45, 2.75) is 32.6 Å². The van der Waals surface area contributed by atoms with Crippen LogP contribution in [0.15, 0.2) is 53.5 Å². The number of halogens is 1. The van der Waals surface area contributed by atoms with Gasteiger partial charge in [-0.25, -0.2) is 9.38 Å². The maximum atomic E-state index is 13.7. The Labute approximate surface area is 160 Å². The Kier molecular flexibility index (Phi) is 8.74. The van der Waals surface area contributed by atoms with Crippen LogP contribution in [0.3, 0.4) is 0 Å². The average molecular weight is 373 g/mol. The first-order valence-electron chi connectivity index (χ1n) is 9.15. The molecule has 2 rings (SSSR count). The lowest BCUT2D eigenvalue weighted by molar-refractivity contribution is 0.168. The molecule has 0 aliphatic rings. The summed E-state index contributed by atoms with van der Waals surface area (Å²) in [5.74, 6) is 0.389. The normalized spacial score (nSPS) is 12.7. The Morgan fingerprint density at radius 1 is 1.19 bits per heavy atom. The minimum absolute atomic E-state index is 0.235. The highest BCUT2D eigenvalue weighted by atomic mass is 19.1. The van der Waals surface area contributed by atoms with Gasteiger partial charge in [0.05, 0.1) is 19.3 Å². The van der Waals surface area contributed by atoms with Crippen LogP contribution in [0.1, 0.15) is 36.1 Å². The molecule has 0 aliphatic heterocycles. The van der Waals surface area contributed by atoms with Gasteiger partial charge >= 0.3 is 0 Å². The predicted octanol–water partition coefficient (Wildman–Crippen LogP) is 3.15. The highest BCUT2D eigenvalue weighted by Crippen LogP contribution is 2.15. The SMILES string of the molecule is CCNC(=NCc1ccc(F)c(COC)c1)NCCC(O)c1ccccc1. The largest absolute Gasteiger partial charge is 0.388 e. The molecule has 0 amide bonds. The van der Waals surface area contributed by atoms with Gasteiger partial charge in [0.1, 0.15) is 5.82 Å². The third-order valence-corrected chi connectivity index (χ3v) is 4.07. The van der Waals surface area contributed by atoms with E-state index >= 15 is 0 Å². The van der Waals surface area contributed by atoms with Crippen LogP contribution < -0.4 is 10.6 Å². The first kappa shape index (κ1) is 20.9. The Balaban J connectivity index is 1.91. The van der Waals surface area contributed by atoms with E-state index in [1.165, 1.54) is 6.07 Å². The van der Waals surface area contributed by atoms with Crippen LogP contribution in [-0.4, -0.2) is 31.3 Å². The first-order valence-corrected chi connectivity index (χ1v) is 9.15. The lowest BCUT2D eigenvalue weighted by atomic mass is 10.1. The van der Waals surface area contributed by atoms with E-state index in [-0.39, 0.29) is 12.4 Å². The first-order chi connectivity index (χ1) is 13.1. The van der Waals surface area contributed by atoms with Crippen LogP contribution in [0.2, 0.25) is 0 Å². The van der Waals surface area contributed by atoms with Crippen LogP contribution in [0.4, 0.5) is 4.39 Å². The summed E-state index contributed by atoms with van der Waals surface area (Å²) in [6, 6.07) is 14.5. The summed E-state index contributed by atoms with van der Waals surface area (Å²) in [6.45, 7) is 3.96. The third kappa shape index (κ3) is 7.00. The van der Waals surface area contributed by atoms with Crippen LogP contribution in [0, 0.1) is 5.82 Å². The van der Waals surface area contributed by atoms with Gasteiger partial charge < -0.3 is 20.5 Å². The molecule has 0 saturated heterocycles. The van der Waals surface area contributed by atoms with Crippen LogP contribution in [0.25, 0.3) is 0 Å². The molecule has 2 aromatic rings. The summed E-state index contributed by atoms with van der Waals surface area (Å²) < 4.78 is 18.7. The maximum absolute atomic E-state index is 13.7. The van der Waals surface area contributed by atoms with Crippen LogP contribution >= 0.6 is 0 Å². The molecular formula is C21H28FN3O2. The fraction of sp³-hybridized carbons (Fsp3) is 0.381. The van der Waals surface area contributed by atoms with Gasteiger partial charge in [0, 0.05) is 25.8 Å². The summed E-state index contributed by atoms with van der Waals surface area (Å²) in [4.78, 5) is 4.53. The van der Waals surface area contributed by atoms with E-state index in [4.69, 9.17) is 4.74 Å². The lowest BCUT2D eigenvalue weighted by Gasteiger charge is -2.14. The molecule has 27 heavy (non-hydrogen) atoms. The van der Waals surface area contributed by atoms with Gasteiger partial charge in [0.15, 0.2) is 5.96 Å². The number of nitrogens with zero attached hydrogens (tertiary/aromatic N) is 1. The number of aliphatic hydroxyl groups is 1. The summed E-state index contributed by atoms with van der Waals surface area (Å²) in [5.41, 5.74) is 2.33. The van der Waals surface area contributed by atoms with Crippen LogP contribution in [0.5, 0.6) is 0 Å². The lowest BCUT2D eigenvalue weighted by Crippen LogP contribution is -2.38. The standard InChI is InChI=1S/C21H28FN3O2/c1-3-23-21(24-12-11-20(26)17-7-5-4-6-8-17)25-14-16-9-10-19(22)18(13-16)15-27-2/h4-10,13,20,26H,3,11-12,14-15H2,1-2H3,(H2,23,24,25). The van der Waals surface area contributed by atoms with E-state index in [9.17, 15) is 9.50 Å². The third-order valence-electron chi connectivity index (χ3n) is 4.07. The molecular weight excluding hydrogens is 345 g/mol. The predicted molar refractivity (Wildman–Crippen MR) is 106 cm³/mol. The van der Waals surface area contributed by atoms with E-state index in [1.54, 1.807) is 19.2 Å². The smallest absolute Gasteiger partial charge is 0.191 e. The second kappa shape index (κ2) is 11.3. The highest BCUT2D eigenvalue weighted by Gasteiger charge is 2.07. The number of methoxy groups -OCH3 is 1. The van der Waals surface area contributed by atoms with Gasteiger partial charge in [0.25, 0.3) is 0 Å². The van der Waals surface area contributed by atoms with E-state index in [0.717, 1.165) is 17.7 Å². The van der Waals surface area contributed by atoms with Crippen molar-refractivity contribution in [3.8, 4) is 0 Å². The molecule has 0 saturated carbocycles. The number of aliphatic hydroxyl groups excluding tert-OH is 1. The van der Waals surface area contributed by atoms with Crippen molar-refractivity contribution < 1.29 is 14.2 Å². The Hall–Kier alpha value is -2.44. The van der Waals surface area contributed by atoms with Crippen molar-refractivity contribution in [1.82, 2.24) is 10.6 Å². The molecule has 5 nitrogen and oxygen atoms in total. The number of nitrogens with one attached hydrogen (secondary N) is 2. The fourth-order valence-corrected chi connectivity index (χ4v) is 2.67. The summed E-state index contributed by atoms with van der Waals surface area (Å²) in [6.07, 6.45) is 0.0541. The number of hydrogen-bond donors (Lipinski definition) is 3. The van der Waals surface area contributed by atoms with Crippen molar-refractivity contribution in [1.29, 1.82) is 0 Å². The van der Waals surface area contributed by atoms with Gasteiger partial charge in [0.2, 0.25) is 0 Å². The molecule has 0 aliphatic carbocycles. The Morgan fingerprint density at radius 2 is 1.96 bits per heavy atom. The molecule has 0 fully saturated rings. The topological polar surface area (TPSA) is 65.9 Å². The number of hydrogen-bond acceptors (Lipinski definition) is 3. The maximum Gasteiger partial charge on any atom is 0.191 e. The molecule has 1 atom stereocenters. The van der Waals surface area contributed by atoms with Gasteiger partial charge in [-0.05, 0) is 36.6 Å². The molecule has 0 radical (unpaired) electrons. The van der Waals surface area contributed by atoms with E-state index in [1.807, 2.05) is 37.3 Å². The minimum Gasteiger partial charge on any atom is -0.388 e. The van der Waals surface area contributed by atoms with Crippen molar-refractivity contribution in [3.63, 3.8) is 0 Å². The highest BCUT2D eigenvalue weighted by molar-refractivity contribution is 5.79. The molecule has 1 unspecified atom stereocenters. The summed E-state index contributed by atoms with van der Waals surface area (Å²) in [5, 5.41) is 16.6. The second-order valence-corrected chi connectivity index (χ2v) is 6.20.